The largest absolute Gasteiger partial charge is 0.368 e. The van der Waals surface area contributed by atoms with Gasteiger partial charge >= 0.3 is 0 Å². The third-order valence-electron chi connectivity index (χ3n) is 8.05. The summed E-state index contributed by atoms with van der Waals surface area (Å²) in [6.07, 6.45) is 12.1. The Hall–Kier alpha value is -2.57. The predicted octanol–water partition coefficient (Wildman–Crippen LogP) is 3.96. The van der Waals surface area contributed by atoms with Crippen LogP contribution in [0.15, 0.2) is 42.7 Å². The SMILES string of the molecule is CC(C)C(=O)c1ccc2c(c1)CCN(CCC1CCC(N[C@H](Cc3cccnc3)C(N)=O)CC1)CC2. The number of nitrogens with one attached hydrogen (secondary N) is 1. The van der Waals surface area contributed by atoms with E-state index in [2.05, 4.69) is 27.3 Å². The summed E-state index contributed by atoms with van der Waals surface area (Å²) in [6, 6.07) is 10.2. The number of nitrogens with zero attached hydrogens (tertiary/aromatic N) is 2. The Balaban J connectivity index is 1.20. The number of fused-ring (bicyclic) bond motifs is 1. The Labute approximate surface area is 216 Å². The zero-order valence-corrected chi connectivity index (χ0v) is 21.9. The summed E-state index contributed by atoms with van der Waals surface area (Å²) in [5, 5.41) is 3.53. The van der Waals surface area contributed by atoms with Gasteiger partial charge in [0.05, 0.1) is 6.04 Å². The van der Waals surface area contributed by atoms with Crippen LogP contribution in [0.25, 0.3) is 0 Å². The fourth-order valence-electron chi connectivity index (χ4n) is 5.75. The molecular weight excluding hydrogens is 448 g/mol. The molecule has 2 heterocycles. The average Bonchev–Trinajstić information content (AvgIpc) is 3.09. The van der Waals surface area contributed by atoms with Crippen LogP contribution in [-0.2, 0) is 24.1 Å². The topological polar surface area (TPSA) is 88.3 Å². The van der Waals surface area contributed by atoms with Gasteiger partial charge in [0.1, 0.15) is 0 Å². The highest BCUT2D eigenvalue weighted by molar-refractivity contribution is 5.97. The Bertz CT molecular complexity index is 1010. The summed E-state index contributed by atoms with van der Waals surface area (Å²) in [7, 11) is 0. The fourth-order valence-corrected chi connectivity index (χ4v) is 5.75. The molecule has 36 heavy (non-hydrogen) atoms. The van der Waals surface area contributed by atoms with Crippen LogP contribution in [0.2, 0.25) is 0 Å². The second-order valence-corrected chi connectivity index (χ2v) is 11.0. The second-order valence-electron chi connectivity index (χ2n) is 11.0. The summed E-state index contributed by atoms with van der Waals surface area (Å²) in [5.41, 5.74) is 10.3. The molecule has 4 rings (SSSR count). The first kappa shape index (κ1) is 26.5. The molecule has 6 nitrogen and oxygen atoms in total. The molecule has 6 heteroatoms. The highest BCUT2D eigenvalue weighted by Gasteiger charge is 2.26. The molecule has 0 radical (unpaired) electrons. The van der Waals surface area contributed by atoms with Gasteiger partial charge in [0.2, 0.25) is 5.91 Å². The molecule has 1 aliphatic heterocycles. The normalized spacial score (nSPS) is 21.5. The summed E-state index contributed by atoms with van der Waals surface area (Å²) < 4.78 is 0. The summed E-state index contributed by atoms with van der Waals surface area (Å²) in [4.78, 5) is 31.2. The van der Waals surface area contributed by atoms with Gasteiger partial charge in [0, 0.05) is 43.0 Å². The van der Waals surface area contributed by atoms with E-state index in [1.165, 1.54) is 30.4 Å². The van der Waals surface area contributed by atoms with E-state index in [1.54, 1.807) is 12.4 Å². The number of carbonyl (C=O) groups is 2. The lowest BCUT2D eigenvalue weighted by atomic mass is 9.83. The van der Waals surface area contributed by atoms with Crippen molar-refractivity contribution >= 4 is 11.7 Å². The number of amides is 1. The maximum atomic E-state index is 12.4. The van der Waals surface area contributed by atoms with Gasteiger partial charge < -0.3 is 16.0 Å². The van der Waals surface area contributed by atoms with Crippen LogP contribution >= 0.6 is 0 Å². The van der Waals surface area contributed by atoms with Gasteiger partial charge in [-0.15, -0.1) is 0 Å². The quantitative estimate of drug-likeness (QED) is 0.492. The van der Waals surface area contributed by atoms with E-state index in [-0.39, 0.29) is 23.7 Å². The number of hydrogen-bond acceptors (Lipinski definition) is 5. The van der Waals surface area contributed by atoms with Gasteiger partial charge in [-0.05, 0) is 92.7 Å². The van der Waals surface area contributed by atoms with Crippen LogP contribution in [0.1, 0.15) is 73.0 Å². The Morgan fingerprint density at radius 2 is 1.83 bits per heavy atom. The van der Waals surface area contributed by atoms with Crippen LogP contribution in [-0.4, -0.2) is 53.3 Å². The number of Topliss-reactive ketones (excluding diaryl/α,β-unsaturated/α-hetero) is 1. The minimum Gasteiger partial charge on any atom is -0.368 e. The molecular formula is C30H42N4O2. The van der Waals surface area contributed by atoms with E-state index in [0.717, 1.165) is 62.4 Å². The van der Waals surface area contributed by atoms with E-state index < -0.39 is 0 Å². The molecule has 2 aromatic rings. The maximum Gasteiger partial charge on any atom is 0.234 e. The van der Waals surface area contributed by atoms with Crippen LogP contribution in [0.5, 0.6) is 0 Å². The zero-order valence-electron chi connectivity index (χ0n) is 21.9. The number of ketones is 1. The van der Waals surface area contributed by atoms with Crippen molar-refractivity contribution in [2.75, 3.05) is 19.6 Å². The number of nitrogens with two attached hydrogens (primary N) is 1. The van der Waals surface area contributed by atoms with Crippen LogP contribution in [0.3, 0.4) is 0 Å². The number of primary amides is 1. The van der Waals surface area contributed by atoms with Crippen LogP contribution in [0, 0.1) is 11.8 Å². The lowest BCUT2D eigenvalue weighted by molar-refractivity contribution is -0.120. The first-order valence-corrected chi connectivity index (χ1v) is 13.7. The maximum absolute atomic E-state index is 12.4. The summed E-state index contributed by atoms with van der Waals surface area (Å²) >= 11 is 0. The lowest BCUT2D eigenvalue weighted by Gasteiger charge is -2.32. The van der Waals surface area contributed by atoms with E-state index in [1.807, 2.05) is 32.0 Å². The van der Waals surface area contributed by atoms with Crippen molar-refractivity contribution in [1.29, 1.82) is 0 Å². The zero-order chi connectivity index (χ0) is 25.5. The molecule has 0 bridgehead atoms. The standard InChI is InChI=1S/C30H42N4O2/c1-21(2)29(35)26-8-7-24-12-16-34(17-13-25(24)19-26)15-11-22-5-9-27(10-6-22)33-28(30(31)36)18-23-4-3-14-32-20-23/h3-4,7-8,14,19-22,27-28,33H,5-6,9-13,15-18H2,1-2H3,(H2,31,36)/t22?,27?,28-/m1/s1. The minimum absolute atomic E-state index is 0.0402. The molecule has 1 aromatic carbocycles. The van der Waals surface area contributed by atoms with Crippen LogP contribution < -0.4 is 11.1 Å². The highest BCUT2D eigenvalue weighted by atomic mass is 16.1. The van der Waals surface area contributed by atoms with Gasteiger partial charge in [-0.1, -0.05) is 32.0 Å². The van der Waals surface area contributed by atoms with Gasteiger partial charge in [0.25, 0.3) is 0 Å². The van der Waals surface area contributed by atoms with Crippen molar-refractivity contribution in [3.05, 3.63) is 65.0 Å². The van der Waals surface area contributed by atoms with Gasteiger partial charge in [-0.3, -0.25) is 14.6 Å². The number of hydrogen-bond donors (Lipinski definition) is 2. The van der Waals surface area contributed by atoms with Gasteiger partial charge in [-0.2, -0.15) is 0 Å². The van der Waals surface area contributed by atoms with Crippen molar-refractivity contribution in [2.24, 2.45) is 17.6 Å². The molecule has 1 atom stereocenters. The van der Waals surface area contributed by atoms with Crippen molar-refractivity contribution in [2.45, 2.75) is 77.3 Å². The predicted molar refractivity (Wildman–Crippen MR) is 144 cm³/mol. The van der Waals surface area contributed by atoms with Crippen molar-refractivity contribution in [1.82, 2.24) is 15.2 Å². The second kappa shape index (κ2) is 12.6. The van der Waals surface area contributed by atoms with E-state index in [4.69, 9.17) is 5.73 Å². The molecule has 3 N–H and O–H groups in total. The van der Waals surface area contributed by atoms with Crippen molar-refractivity contribution in [3.8, 4) is 0 Å². The van der Waals surface area contributed by atoms with Crippen LogP contribution in [0.4, 0.5) is 0 Å². The van der Waals surface area contributed by atoms with E-state index in [0.29, 0.717) is 12.5 Å². The minimum atomic E-state index is -0.342. The third-order valence-corrected chi connectivity index (χ3v) is 8.05. The molecule has 1 aliphatic carbocycles. The monoisotopic (exact) mass is 490 g/mol. The fraction of sp³-hybridized carbons (Fsp3) is 0.567. The van der Waals surface area contributed by atoms with Crippen molar-refractivity contribution in [3.63, 3.8) is 0 Å². The molecule has 194 valence electrons. The van der Waals surface area contributed by atoms with Gasteiger partial charge in [-0.25, -0.2) is 0 Å². The Morgan fingerprint density at radius 3 is 2.50 bits per heavy atom. The first-order chi connectivity index (χ1) is 17.4. The number of benzene rings is 1. The van der Waals surface area contributed by atoms with E-state index in [9.17, 15) is 9.59 Å². The number of rotatable bonds is 10. The van der Waals surface area contributed by atoms with Crippen molar-refractivity contribution < 1.29 is 9.59 Å². The first-order valence-electron chi connectivity index (χ1n) is 13.7. The molecule has 1 amide bonds. The Kier molecular flexibility index (Phi) is 9.27. The number of carbonyl (C=O) groups excluding carboxylic acids is 2. The lowest BCUT2D eigenvalue weighted by Crippen LogP contribution is -2.48. The molecule has 0 unspecified atom stereocenters. The van der Waals surface area contributed by atoms with Gasteiger partial charge in [0.15, 0.2) is 5.78 Å². The number of aromatic nitrogens is 1. The number of pyridine rings is 1. The third kappa shape index (κ3) is 7.23. The molecule has 0 saturated heterocycles. The molecule has 1 aromatic heterocycles. The molecule has 2 aliphatic rings. The Morgan fingerprint density at radius 1 is 1.08 bits per heavy atom. The molecule has 0 spiro atoms. The average molecular weight is 491 g/mol. The van der Waals surface area contributed by atoms with E-state index >= 15 is 0 Å². The summed E-state index contributed by atoms with van der Waals surface area (Å²) in [5.74, 6) is 0.736. The smallest absolute Gasteiger partial charge is 0.234 e. The highest BCUT2D eigenvalue weighted by Crippen LogP contribution is 2.28. The summed E-state index contributed by atoms with van der Waals surface area (Å²) in [6.45, 7) is 7.24. The molecule has 1 fully saturated rings. The molecule has 1 saturated carbocycles.